The molecule has 2 heterocycles. The summed E-state index contributed by atoms with van der Waals surface area (Å²) in [5.41, 5.74) is 0.626. The first-order valence-electron chi connectivity index (χ1n) is 14.1. The van der Waals surface area contributed by atoms with Gasteiger partial charge in [-0.05, 0) is 42.0 Å². The molecule has 3 aromatic rings. The maximum Gasteiger partial charge on any atom is 0.341 e. The van der Waals surface area contributed by atoms with Crippen LogP contribution < -0.4 is 20.4 Å². The molecule has 0 fully saturated rings. The van der Waals surface area contributed by atoms with Crippen LogP contribution >= 0.6 is 15.2 Å². The Labute approximate surface area is 271 Å². The van der Waals surface area contributed by atoms with Crippen LogP contribution in [0.3, 0.4) is 0 Å². The van der Waals surface area contributed by atoms with Crippen molar-refractivity contribution in [2.24, 2.45) is 0 Å². The SMILES string of the molecule is O=C(NCC(O)C[n+]1cccc(CC(P(=O)(O)O)P(=O)(O)O)c1)c1ccc(-c2c3ccc(=O)cc-3oc3cc([O-])ccc23)c(C(=O)O)c1. The highest BCUT2D eigenvalue weighted by atomic mass is 31.2. The molecule has 1 aliphatic heterocycles. The molecule has 5 rings (SSSR count). The number of carbonyl (C=O) groups is 2. The molecule has 1 unspecified atom stereocenters. The summed E-state index contributed by atoms with van der Waals surface area (Å²) in [4.78, 5) is 75.1. The molecule has 2 aliphatic rings. The zero-order valence-electron chi connectivity index (χ0n) is 24.7. The van der Waals surface area contributed by atoms with Crippen molar-refractivity contribution in [1.29, 1.82) is 0 Å². The highest BCUT2D eigenvalue weighted by molar-refractivity contribution is 7.70. The molecule has 2 aromatic carbocycles. The molecule has 250 valence electrons. The molecule has 1 amide bonds. The zero-order chi connectivity index (χ0) is 35.0. The Morgan fingerprint density at radius 2 is 1.65 bits per heavy atom. The highest BCUT2D eigenvalue weighted by Crippen LogP contribution is 2.60. The first kappa shape index (κ1) is 34.6. The van der Waals surface area contributed by atoms with E-state index >= 15 is 0 Å². The van der Waals surface area contributed by atoms with Crippen molar-refractivity contribution in [3.05, 3.63) is 106 Å². The number of aromatic nitrogens is 1. The highest BCUT2D eigenvalue weighted by Gasteiger charge is 2.43. The van der Waals surface area contributed by atoms with Gasteiger partial charge in [0.2, 0.25) is 0 Å². The molecular formula is C31H28N2O13P2. The minimum atomic E-state index is -5.15. The first-order chi connectivity index (χ1) is 22.5. The standard InChI is InChI=1S/C31H28N2O13P2/c34-19-4-7-23-26(12-19)46-27-13-20(35)5-8-24(27)29(23)22-6-3-18(11-25(22)31(38)39)30(37)32-14-21(36)16-33-9-1-2-17(15-33)10-28(47(40,41)42)48(43,44)45/h1-9,11-13,15,21,28,36H,10,14,16H2,(H6-,32,34,35,37,38,39,40,41,42,43,44,45). The molecule has 0 radical (unpaired) electrons. The van der Waals surface area contributed by atoms with Crippen molar-refractivity contribution in [1.82, 2.24) is 5.32 Å². The topological polar surface area (TPSA) is 259 Å². The molecule has 15 nitrogen and oxygen atoms in total. The average Bonchev–Trinajstić information content (AvgIpc) is 3.00. The minimum Gasteiger partial charge on any atom is -0.872 e. The Bertz CT molecular complexity index is 2150. The van der Waals surface area contributed by atoms with Crippen molar-refractivity contribution in [2.45, 2.75) is 24.5 Å². The van der Waals surface area contributed by atoms with Gasteiger partial charge in [-0.2, -0.15) is 0 Å². The van der Waals surface area contributed by atoms with Gasteiger partial charge >= 0.3 is 21.2 Å². The van der Waals surface area contributed by atoms with Gasteiger partial charge in [-0.15, -0.1) is 5.75 Å². The molecule has 0 bridgehead atoms. The third kappa shape index (κ3) is 7.70. The van der Waals surface area contributed by atoms with E-state index in [2.05, 4.69) is 5.32 Å². The van der Waals surface area contributed by atoms with Gasteiger partial charge in [0, 0.05) is 46.2 Å². The summed E-state index contributed by atoms with van der Waals surface area (Å²) in [6, 6.07) is 14.8. The van der Waals surface area contributed by atoms with Gasteiger partial charge in [0.1, 0.15) is 17.4 Å². The summed E-state index contributed by atoms with van der Waals surface area (Å²) < 4.78 is 30.5. The Morgan fingerprint density at radius 3 is 2.33 bits per heavy atom. The van der Waals surface area contributed by atoms with Crippen LogP contribution in [-0.2, 0) is 22.1 Å². The third-order valence-electron chi connectivity index (χ3n) is 7.48. The van der Waals surface area contributed by atoms with Gasteiger partial charge in [-0.3, -0.25) is 18.7 Å². The largest absolute Gasteiger partial charge is 0.872 e. The van der Waals surface area contributed by atoms with Crippen molar-refractivity contribution in [3.8, 4) is 28.2 Å². The number of aliphatic hydroxyl groups is 1. The number of benzene rings is 3. The quantitative estimate of drug-likeness (QED) is 0.0589. The summed E-state index contributed by atoms with van der Waals surface area (Å²) in [5.74, 6) is -2.30. The maximum atomic E-state index is 13.0. The Kier molecular flexibility index (Phi) is 9.67. The van der Waals surface area contributed by atoms with E-state index in [1.54, 1.807) is 0 Å². The molecule has 0 saturated heterocycles. The Hall–Kier alpha value is -4.72. The smallest absolute Gasteiger partial charge is 0.341 e. The number of aliphatic hydroxyl groups excluding tert-OH is 1. The lowest BCUT2D eigenvalue weighted by atomic mass is 9.90. The van der Waals surface area contributed by atoms with E-state index < -0.39 is 45.0 Å². The predicted octanol–water partition coefficient (Wildman–Crippen LogP) is 1.64. The van der Waals surface area contributed by atoms with Crippen LogP contribution in [0.1, 0.15) is 26.3 Å². The van der Waals surface area contributed by atoms with Crippen LogP contribution in [0.25, 0.3) is 33.4 Å². The molecule has 0 saturated carbocycles. The maximum absolute atomic E-state index is 13.0. The molecule has 48 heavy (non-hydrogen) atoms. The Balaban J connectivity index is 1.36. The number of hydrogen-bond donors (Lipinski definition) is 7. The van der Waals surface area contributed by atoms with Gasteiger partial charge in [0.25, 0.3) is 5.91 Å². The van der Waals surface area contributed by atoms with Crippen LogP contribution in [0.2, 0.25) is 0 Å². The number of nitrogens with one attached hydrogen (secondary N) is 1. The molecule has 7 N–H and O–H groups in total. The average molecular weight is 699 g/mol. The van der Waals surface area contributed by atoms with E-state index in [4.69, 9.17) is 4.42 Å². The lowest BCUT2D eigenvalue weighted by molar-refractivity contribution is -0.703. The second-order valence-corrected chi connectivity index (χ2v) is 15.0. The van der Waals surface area contributed by atoms with Crippen LogP contribution in [0.4, 0.5) is 0 Å². The van der Waals surface area contributed by atoms with E-state index in [1.165, 1.54) is 77.6 Å². The van der Waals surface area contributed by atoms with Crippen molar-refractivity contribution in [2.75, 3.05) is 6.54 Å². The summed E-state index contributed by atoms with van der Waals surface area (Å²) >= 11 is 0. The van der Waals surface area contributed by atoms with Crippen LogP contribution in [0.5, 0.6) is 5.75 Å². The van der Waals surface area contributed by atoms with Crippen LogP contribution in [0, 0.1) is 0 Å². The fourth-order valence-corrected chi connectivity index (χ4v) is 7.76. The van der Waals surface area contributed by atoms with E-state index in [9.17, 15) is 58.4 Å². The summed E-state index contributed by atoms with van der Waals surface area (Å²) in [5, 5.41) is 33.4. The number of aromatic carboxylic acids is 1. The number of rotatable bonds is 11. The van der Waals surface area contributed by atoms with Gasteiger partial charge in [-0.1, -0.05) is 18.2 Å². The summed E-state index contributed by atoms with van der Waals surface area (Å²) in [7, 11) is -10.3. The van der Waals surface area contributed by atoms with E-state index in [1.807, 2.05) is 0 Å². The van der Waals surface area contributed by atoms with Gasteiger partial charge in [-0.25, -0.2) is 9.36 Å². The Morgan fingerprint density at radius 1 is 0.938 bits per heavy atom. The summed E-state index contributed by atoms with van der Waals surface area (Å²) in [6.45, 7) is -0.419. The zero-order valence-corrected chi connectivity index (χ0v) is 26.5. The number of fused-ring (bicyclic) bond motifs is 2. The van der Waals surface area contributed by atoms with Gasteiger partial charge in [0.05, 0.1) is 12.1 Å². The number of carboxylic acid groups (broad SMARTS) is 1. The van der Waals surface area contributed by atoms with Gasteiger partial charge < -0.3 is 44.6 Å². The fourth-order valence-electron chi connectivity index (χ4n) is 5.30. The fraction of sp³-hybridized carbons (Fsp3) is 0.161. The number of pyridine rings is 1. The molecule has 1 atom stereocenters. The number of carboxylic acids is 1. The molecule has 0 spiro atoms. The van der Waals surface area contributed by atoms with Gasteiger partial charge in [0.15, 0.2) is 29.8 Å². The lowest BCUT2D eigenvalue weighted by Gasteiger charge is -2.19. The number of amides is 1. The molecular weight excluding hydrogens is 670 g/mol. The van der Waals surface area contributed by atoms with E-state index in [-0.39, 0.29) is 57.9 Å². The van der Waals surface area contributed by atoms with Crippen LogP contribution in [-0.4, -0.2) is 59.7 Å². The second-order valence-electron chi connectivity index (χ2n) is 11.0. The first-order valence-corrected chi connectivity index (χ1v) is 17.5. The van der Waals surface area contributed by atoms with E-state index in [0.717, 1.165) is 6.07 Å². The summed E-state index contributed by atoms with van der Waals surface area (Å²) in [6.07, 6.45) is 1.01. The molecule has 1 aliphatic carbocycles. The monoisotopic (exact) mass is 698 g/mol. The minimum absolute atomic E-state index is 0.0446. The van der Waals surface area contributed by atoms with E-state index in [0.29, 0.717) is 16.5 Å². The molecule has 1 aromatic heterocycles. The number of carbonyl (C=O) groups excluding carboxylic acids is 1. The number of nitrogens with zero attached hydrogens (tertiary/aromatic N) is 1. The third-order valence-corrected chi connectivity index (χ3v) is 11.2. The van der Waals surface area contributed by atoms with Crippen molar-refractivity contribution >= 4 is 38.0 Å². The van der Waals surface area contributed by atoms with Crippen molar-refractivity contribution < 1.29 is 62.6 Å². The lowest BCUT2D eigenvalue weighted by Crippen LogP contribution is -2.44. The van der Waals surface area contributed by atoms with Crippen LogP contribution in [0.15, 0.2) is 88.3 Å². The number of hydrogen-bond acceptors (Lipinski definition) is 8. The predicted molar refractivity (Wildman–Crippen MR) is 168 cm³/mol. The second kappa shape index (κ2) is 13.4. The van der Waals surface area contributed by atoms with Crippen molar-refractivity contribution in [3.63, 3.8) is 0 Å². The molecule has 17 heteroatoms. The normalized spacial score (nSPS) is 12.8.